The van der Waals surface area contributed by atoms with Gasteiger partial charge in [0.1, 0.15) is 11.5 Å². The van der Waals surface area contributed by atoms with Gasteiger partial charge >= 0.3 is 0 Å². The Labute approximate surface area is 119 Å². The van der Waals surface area contributed by atoms with E-state index in [0.717, 1.165) is 25.2 Å². The molecule has 1 heterocycles. The standard InChI is InChI=1S/C15H22O5/c1-17-11-4-5-12(14(10-11)18-2)13(16)6-7-15-19-8-3-9-20-15/h4-5,10,13,15-16H,3,6-9H2,1-2H3. The molecule has 1 aromatic carbocycles. The van der Waals surface area contributed by atoms with Crippen LogP contribution in [-0.4, -0.2) is 38.8 Å². The van der Waals surface area contributed by atoms with E-state index in [1.165, 1.54) is 0 Å². The third-order valence-corrected chi connectivity index (χ3v) is 3.37. The molecule has 0 radical (unpaired) electrons. The molecule has 1 N–H and O–H groups in total. The maximum atomic E-state index is 10.3. The lowest BCUT2D eigenvalue weighted by atomic mass is 10.0. The zero-order chi connectivity index (χ0) is 14.4. The lowest BCUT2D eigenvalue weighted by Gasteiger charge is -2.24. The van der Waals surface area contributed by atoms with Gasteiger partial charge in [-0.25, -0.2) is 0 Å². The number of methoxy groups -OCH3 is 2. The van der Waals surface area contributed by atoms with E-state index < -0.39 is 6.10 Å². The normalized spacial score (nSPS) is 17.8. The summed E-state index contributed by atoms with van der Waals surface area (Å²) in [6.07, 6.45) is 1.35. The molecule has 1 aromatic rings. The Morgan fingerprint density at radius 3 is 2.65 bits per heavy atom. The van der Waals surface area contributed by atoms with Crippen molar-refractivity contribution in [3.8, 4) is 11.5 Å². The minimum absolute atomic E-state index is 0.206. The molecule has 5 nitrogen and oxygen atoms in total. The van der Waals surface area contributed by atoms with Gasteiger partial charge in [0.2, 0.25) is 0 Å². The summed E-state index contributed by atoms with van der Waals surface area (Å²) in [6, 6.07) is 5.41. The Bertz CT molecular complexity index is 415. The molecule has 5 heteroatoms. The highest BCUT2D eigenvalue weighted by atomic mass is 16.7. The van der Waals surface area contributed by atoms with Crippen molar-refractivity contribution >= 4 is 0 Å². The first-order valence-corrected chi connectivity index (χ1v) is 6.87. The van der Waals surface area contributed by atoms with Gasteiger partial charge in [0, 0.05) is 18.1 Å². The van der Waals surface area contributed by atoms with Crippen LogP contribution in [-0.2, 0) is 9.47 Å². The molecule has 0 aliphatic carbocycles. The molecule has 1 aliphatic rings. The fraction of sp³-hybridized carbons (Fsp3) is 0.600. The van der Waals surface area contributed by atoms with Gasteiger partial charge in [0.15, 0.2) is 6.29 Å². The molecule has 112 valence electrons. The summed E-state index contributed by atoms with van der Waals surface area (Å²) in [5.74, 6) is 1.33. The number of hydrogen-bond acceptors (Lipinski definition) is 5. The average molecular weight is 282 g/mol. The minimum atomic E-state index is -0.606. The van der Waals surface area contributed by atoms with Crippen LogP contribution in [0.25, 0.3) is 0 Å². The van der Waals surface area contributed by atoms with Gasteiger partial charge in [0.25, 0.3) is 0 Å². The second-order valence-electron chi connectivity index (χ2n) is 4.73. The number of aliphatic hydroxyl groups excluding tert-OH is 1. The van der Waals surface area contributed by atoms with E-state index in [-0.39, 0.29) is 6.29 Å². The van der Waals surface area contributed by atoms with Crippen molar-refractivity contribution < 1.29 is 24.1 Å². The Morgan fingerprint density at radius 1 is 1.25 bits per heavy atom. The summed E-state index contributed by atoms with van der Waals surface area (Å²) < 4.78 is 21.4. The van der Waals surface area contributed by atoms with Gasteiger partial charge < -0.3 is 24.1 Å². The van der Waals surface area contributed by atoms with E-state index in [0.29, 0.717) is 24.3 Å². The van der Waals surface area contributed by atoms with Crippen molar-refractivity contribution in [1.29, 1.82) is 0 Å². The molecule has 2 rings (SSSR count). The fourth-order valence-corrected chi connectivity index (χ4v) is 2.25. The van der Waals surface area contributed by atoms with Crippen LogP contribution in [0.3, 0.4) is 0 Å². The molecule has 0 aromatic heterocycles. The fourth-order valence-electron chi connectivity index (χ4n) is 2.25. The summed E-state index contributed by atoms with van der Waals surface area (Å²) in [4.78, 5) is 0. The smallest absolute Gasteiger partial charge is 0.157 e. The maximum Gasteiger partial charge on any atom is 0.157 e. The van der Waals surface area contributed by atoms with Crippen LogP contribution in [0.5, 0.6) is 11.5 Å². The van der Waals surface area contributed by atoms with E-state index >= 15 is 0 Å². The predicted octanol–water partition coefficient (Wildman–Crippen LogP) is 2.28. The Hall–Kier alpha value is -1.30. The molecule has 0 spiro atoms. The summed E-state index contributed by atoms with van der Waals surface area (Å²) in [6.45, 7) is 1.46. The minimum Gasteiger partial charge on any atom is -0.497 e. The Balaban J connectivity index is 1.95. The first kappa shape index (κ1) is 15.1. The summed E-state index contributed by atoms with van der Waals surface area (Å²) in [5, 5.41) is 10.3. The van der Waals surface area contributed by atoms with E-state index in [9.17, 15) is 5.11 Å². The topological polar surface area (TPSA) is 57.2 Å². The van der Waals surface area contributed by atoms with Crippen molar-refractivity contribution in [3.05, 3.63) is 23.8 Å². The van der Waals surface area contributed by atoms with Crippen LogP contribution in [0.2, 0.25) is 0 Å². The average Bonchev–Trinajstić information content (AvgIpc) is 2.52. The largest absolute Gasteiger partial charge is 0.497 e. The molecule has 1 unspecified atom stereocenters. The zero-order valence-corrected chi connectivity index (χ0v) is 12.0. The third kappa shape index (κ3) is 3.85. The molecule has 0 saturated carbocycles. The molecule has 0 amide bonds. The molecule has 1 fully saturated rings. The zero-order valence-electron chi connectivity index (χ0n) is 12.0. The molecular weight excluding hydrogens is 260 g/mol. The summed E-state index contributed by atoms with van der Waals surface area (Å²) in [7, 11) is 3.18. The third-order valence-electron chi connectivity index (χ3n) is 3.37. The van der Waals surface area contributed by atoms with Crippen LogP contribution in [0.15, 0.2) is 18.2 Å². The van der Waals surface area contributed by atoms with Crippen LogP contribution >= 0.6 is 0 Å². The highest BCUT2D eigenvalue weighted by Crippen LogP contribution is 2.32. The Kier molecular flexibility index (Phi) is 5.64. The van der Waals surface area contributed by atoms with Gasteiger partial charge in [-0.05, 0) is 25.0 Å². The van der Waals surface area contributed by atoms with E-state index in [4.69, 9.17) is 18.9 Å². The second kappa shape index (κ2) is 7.47. The SMILES string of the molecule is COc1ccc(C(O)CCC2OCCCO2)c(OC)c1. The van der Waals surface area contributed by atoms with E-state index in [2.05, 4.69) is 0 Å². The van der Waals surface area contributed by atoms with Gasteiger partial charge in [0.05, 0.1) is 33.5 Å². The summed E-state index contributed by atoms with van der Waals surface area (Å²) in [5.41, 5.74) is 0.754. The molecule has 1 atom stereocenters. The number of ether oxygens (including phenoxy) is 4. The molecule has 1 saturated heterocycles. The maximum absolute atomic E-state index is 10.3. The monoisotopic (exact) mass is 282 g/mol. The van der Waals surface area contributed by atoms with Crippen molar-refractivity contribution in [2.45, 2.75) is 31.7 Å². The number of rotatable bonds is 6. The number of hydrogen-bond donors (Lipinski definition) is 1. The molecule has 0 bridgehead atoms. The highest BCUT2D eigenvalue weighted by Gasteiger charge is 2.19. The van der Waals surface area contributed by atoms with Gasteiger partial charge in [-0.15, -0.1) is 0 Å². The van der Waals surface area contributed by atoms with Crippen molar-refractivity contribution in [3.63, 3.8) is 0 Å². The van der Waals surface area contributed by atoms with Crippen LogP contribution < -0.4 is 9.47 Å². The molecule has 1 aliphatic heterocycles. The highest BCUT2D eigenvalue weighted by molar-refractivity contribution is 5.41. The van der Waals surface area contributed by atoms with E-state index in [1.54, 1.807) is 20.3 Å². The second-order valence-corrected chi connectivity index (χ2v) is 4.73. The number of benzene rings is 1. The lowest BCUT2D eigenvalue weighted by Crippen LogP contribution is -2.25. The van der Waals surface area contributed by atoms with Crippen molar-refractivity contribution in [2.75, 3.05) is 27.4 Å². The predicted molar refractivity (Wildman–Crippen MR) is 74.0 cm³/mol. The van der Waals surface area contributed by atoms with Gasteiger partial charge in [-0.1, -0.05) is 0 Å². The first-order valence-electron chi connectivity index (χ1n) is 6.87. The van der Waals surface area contributed by atoms with E-state index in [1.807, 2.05) is 12.1 Å². The summed E-state index contributed by atoms with van der Waals surface area (Å²) >= 11 is 0. The van der Waals surface area contributed by atoms with Crippen molar-refractivity contribution in [2.24, 2.45) is 0 Å². The molecular formula is C15H22O5. The molecule has 20 heavy (non-hydrogen) atoms. The van der Waals surface area contributed by atoms with Crippen LogP contribution in [0.1, 0.15) is 30.9 Å². The Morgan fingerprint density at radius 2 is 2.00 bits per heavy atom. The van der Waals surface area contributed by atoms with Crippen molar-refractivity contribution in [1.82, 2.24) is 0 Å². The van der Waals surface area contributed by atoms with Gasteiger partial charge in [-0.2, -0.15) is 0 Å². The van der Waals surface area contributed by atoms with Gasteiger partial charge in [-0.3, -0.25) is 0 Å². The lowest BCUT2D eigenvalue weighted by molar-refractivity contribution is -0.183. The quantitative estimate of drug-likeness (QED) is 0.867. The van der Waals surface area contributed by atoms with Crippen LogP contribution in [0.4, 0.5) is 0 Å². The van der Waals surface area contributed by atoms with Crippen LogP contribution in [0, 0.1) is 0 Å². The number of aliphatic hydroxyl groups is 1. The first-order chi connectivity index (χ1) is 9.74.